The van der Waals surface area contributed by atoms with E-state index in [1.54, 1.807) is 6.92 Å². The molecular weight excluding hydrogens is 280 g/mol. The molecule has 7 heteroatoms. The average molecular weight is 297 g/mol. The van der Waals surface area contributed by atoms with Gasteiger partial charge in [0, 0.05) is 18.7 Å². The molecule has 1 saturated heterocycles. The Kier molecular flexibility index (Phi) is 4.52. The Labute approximate surface area is 121 Å². The van der Waals surface area contributed by atoms with Gasteiger partial charge in [-0.15, -0.1) is 0 Å². The number of carbonyl (C=O) groups excluding carboxylic acids is 2. The van der Waals surface area contributed by atoms with E-state index in [4.69, 9.17) is 5.73 Å². The molecule has 0 aromatic heterocycles. The number of likely N-dealkylation sites (N-methyl/N-ethyl adjacent to an activating group) is 1. The van der Waals surface area contributed by atoms with Gasteiger partial charge in [0.2, 0.25) is 11.8 Å². The molecule has 2 amide bonds. The van der Waals surface area contributed by atoms with Crippen molar-refractivity contribution in [2.45, 2.75) is 13.0 Å². The van der Waals surface area contributed by atoms with E-state index >= 15 is 0 Å². The maximum Gasteiger partial charge on any atom is 0.242 e. The summed E-state index contributed by atoms with van der Waals surface area (Å²) in [4.78, 5) is 26.4. The van der Waals surface area contributed by atoms with Crippen LogP contribution in [0.3, 0.4) is 0 Å². The van der Waals surface area contributed by atoms with Gasteiger partial charge >= 0.3 is 0 Å². The summed E-state index contributed by atoms with van der Waals surface area (Å²) in [5, 5.41) is 0. The number of halogens is 2. The highest BCUT2D eigenvalue weighted by atomic mass is 19.1. The number of carbonyl (C=O) groups is 2. The molecule has 1 unspecified atom stereocenters. The zero-order chi connectivity index (χ0) is 15.6. The van der Waals surface area contributed by atoms with E-state index in [9.17, 15) is 18.4 Å². The van der Waals surface area contributed by atoms with E-state index < -0.39 is 17.7 Å². The highest BCUT2D eigenvalue weighted by molar-refractivity contribution is 5.92. The third-order valence-electron chi connectivity index (χ3n) is 3.51. The Hall–Kier alpha value is -2.02. The summed E-state index contributed by atoms with van der Waals surface area (Å²) >= 11 is 0. The van der Waals surface area contributed by atoms with Crippen LogP contribution in [0.5, 0.6) is 0 Å². The minimum atomic E-state index is -0.884. The van der Waals surface area contributed by atoms with Gasteiger partial charge < -0.3 is 15.5 Å². The molecule has 2 rings (SSSR count). The Morgan fingerprint density at radius 2 is 1.81 bits per heavy atom. The lowest BCUT2D eigenvalue weighted by Crippen LogP contribution is -2.54. The second-order valence-electron chi connectivity index (χ2n) is 4.95. The molecule has 2 N–H and O–H groups in total. The van der Waals surface area contributed by atoms with Crippen LogP contribution in [-0.2, 0) is 9.59 Å². The summed E-state index contributed by atoms with van der Waals surface area (Å²) in [5.41, 5.74) is 5.84. The molecule has 1 fully saturated rings. The summed E-state index contributed by atoms with van der Waals surface area (Å²) in [6.45, 7) is 2.13. The molecule has 0 saturated carbocycles. The van der Waals surface area contributed by atoms with Crippen LogP contribution in [0.25, 0.3) is 0 Å². The topological polar surface area (TPSA) is 66.6 Å². The number of nitrogens with zero attached hydrogens (tertiary/aromatic N) is 2. The molecule has 1 aromatic rings. The van der Waals surface area contributed by atoms with E-state index in [0.717, 1.165) is 18.2 Å². The van der Waals surface area contributed by atoms with Gasteiger partial charge in [0.05, 0.1) is 19.1 Å². The number of hydrogen-bond donors (Lipinski definition) is 1. The minimum Gasteiger partial charge on any atom is -0.332 e. The zero-order valence-corrected chi connectivity index (χ0v) is 11.7. The predicted octanol–water partition coefficient (Wildman–Crippen LogP) is 0.655. The van der Waals surface area contributed by atoms with Crippen molar-refractivity contribution in [3.63, 3.8) is 0 Å². The molecule has 1 aliphatic heterocycles. The highest BCUT2D eigenvalue weighted by Crippen LogP contribution is 2.18. The van der Waals surface area contributed by atoms with Gasteiger partial charge in [0.15, 0.2) is 0 Å². The third-order valence-corrected chi connectivity index (χ3v) is 3.51. The second-order valence-corrected chi connectivity index (χ2v) is 4.95. The number of nitrogens with two attached hydrogens (primary N) is 1. The predicted molar refractivity (Wildman–Crippen MR) is 72.1 cm³/mol. The number of benzene rings is 1. The minimum absolute atomic E-state index is 0.00626. The molecule has 1 heterocycles. The zero-order valence-electron chi connectivity index (χ0n) is 11.7. The number of rotatable bonds is 4. The van der Waals surface area contributed by atoms with Crippen molar-refractivity contribution in [3.05, 3.63) is 35.4 Å². The number of piperazine rings is 1. The Balaban J connectivity index is 2.09. The maximum atomic E-state index is 13.6. The van der Waals surface area contributed by atoms with Crippen LogP contribution in [0, 0.1) is 11.6 Å². The lowest BCUT2D eigenvalue weighted by atomic mass is 10.1. The summed E-state index contributed by atoms with van der Waals surface area (Å²) in [6.07, 6.45) is 0. The summed E-state index contributed by atoms with van der Waals surface area (Å²) in [5.74, 6) is -1.65. The third kappa shape index (κ3) is 3.36. The van der Waals surface area contributed by atoms with Crippen molar-refractivity contribution in [2.24, 2.45) is 5.73 Å². The van der Waals surface area contributed by atoms with Gasteiger partial charge in [0.25, 0.3) is 0 Å². The van der Waals surface area contributed by atoms with Crippen molar-refractivity contribution >= 4 is 11.8 Å². The van der Waals surface area contributed by atoms with Crippen LogP contribution in [0.4, 0.5) is 8.78 Å². The molecule has 1 aliphatic rings. The van der Waals surface area contributed by atoms with Crippen LogP contribution in [0.2, 0.25) is 0 Å². The van der Waals surface area contributed by atoms with Crippen LogP contribution >= 0.6 is 0 Å². The van der Waals surface area contributed by atoms with Crippen LogP contribution in [-0.4, -0.2) is 47.8 Å². The van der Waals surface area contributed by atoms with Crippen molar-refractivity contribution in [2.75, 3.05) is 26.2 Å². The number of amides is 2. The molecular formula is C14H17F2N3O2. The standard InChI is InChI=1S/C14H17F2N3O2/c1-2-18-7-14(21)19(8-13(18)20)6-12(17)10-5-9(15)3-4-11(10)16/h3-5,12H,2,6-8,17H2,1H3. The fourth-order valence-corrected chi connectivity index (χ4v) is 2.29. The first kappa shape index (κ1) is 15.4. The first-order valence-corrected chi connectivity index (χ1v) is 6.68. The first-order chi connectivity index (χ1) is 9.92. The first-order valence-electron chi connectivity index (χ1n) is 6.68. The van der Waals surface area contributed by atoms with Crippen molar-refractivity contribution < 1.29 is 18.4 Å². The van der Waals surface area contributed by atoms with Crippen LogP contribution < -0.4 is 5.73 Å². The maximum absolute atomic E-state index is 13.6. The van der Waals surface area contributed by atoms with Crippen molar-refractivity contribution in [3.8, 4) is 0 Å². The van der Waals surface area contributed by atoms with Crippen molar-refractivity contribution in [1.82, 2.24) is 9.80 Å². The van der Waals surface area contributed by atoms with E-state index in [1.165, 1.54) is 9.80 Å². The van der Waals surface area contributed by atoms with Gasteiger partial charge in [0.1, 0.15) is 11.6 Å². The van der Waals surface area contributed by atoms with Gasteiger partial charge in [-0.3, -0.25) is 9.59 Å². The van der Waals surface area contributed by atoms with Gasteiger partial charge in [-0.25, -0.2) is 8.78 Å². The largest absolute Gasteiger partial charge is 0.332 e. The van der Waals surface area contributed by atoms with Gasteiger partial charge in [-0.1, -0.05) is 0 Å². The normalized spacial score (nSPS) is 17.3. The Bertz CT molecular complexity index is 565. The van der Waals surface area contributed by atoms with E-state index in [1.807, 2.05) is 0 Å². The highest BCUT2D eigenvalue weighted by Gasteiger charge is 2.30. The summed E-state index contributed by atoms with van der Waals surface area (Å²) in [7, 11) is 0. The molecule has 0 bridgehead atoms. The van der Waals surface area contributed by atoms with Crippen LogP contribution in [0.15, 0.2) is 18.2 Å². The lowest BCUT2D eigenvalue weighted by molar-refractivity contribution is -0.150. The average Bonchev–Trinajstić information content (AvgIpc) is 2.45. The molecule has 21 heavy (non-hydrogen) atoms. The molecule has 0 spiro atoms. The molecule has 0 radical (unpaired) electrons. The lowest BCUT2D eigenvalue weighted by Gasteiger charge is -2.34. The smallest absolute Gasteiger partial charge is 0.242 e. The van der Waals surface area contributed by atoms with E-state index in [2.05, 4.69) is 0 Å². The molecule has 114 valence electrons. The molecule has 5 nitrogen and oxygen atoms in total. The SMILES string of the molecule is CCN1CC(=O)N(CC(N)c2cc(F)ccc2F)CC1=O. The molecule has 1 atom stereocenters. The van der Waals surface area contributed by atoms with Gasteiger partial charge in [-0.2, -0.15) is 0 Å². The Morgan fingerprint density at radius 3 is 2.48 bits per heavy atom. The number of hydrogen-bond acceptors (Lipinski definition) is 3. The molecule has 0 aliphatic carbocycles. The van der Waals surface area contributed by atoms with E-state index in [0.29, 0.717) is 6.54 Å². The quantitative estimate of drug-likeness (QED) is 0.887. The van der Waals surface area contributed by atoms with Gasteiger partial charge in [-0.05, 0) is 25.1 Å². The molecule has 1 aromatic carbocycles. The fourth-order valence-electron chi connectivity index (χ4n) is 2.29. The van der Waals surface area contributed by atoms with Crippen molar-refractivity contribution in [1.29, 1.82) is 0 Å². The van der Waals surface area contributed by atoms with E-state index in [-0.39, 0.29) is 37.0 Å². The monoisotopic (exact) mass is 297 g/mol. The van der Waals surface area contributed by atoms with Crippen LogP contribution in [0.1, 0.15) is 18.5 Å². The Morgan fingerprint density at radius 1 is 1.19 bits per heavy atom. The summed E-state index contributed by atoms with van der Waals surface area (Å²) in [6, 6.07) is 2.12. The summed E-state index contributed by atoms with van der Waals surface area (Å²) < 4.78 is 26.8. The fraction of sp³-hybridized carbons (Fsp3) is 0.429. The second kappa shape index (κ2) is 6.17.